The van der Waals surface area contributed by atoms with E-state index < -0.39 is 0 Å². The first kappa shape index (κ1) is 11.4. The van der Waals surface area contributed by atoms with Gasteiger partial charge in [0.1, 0.15) is 0 Å². The van der Waals surface area contributed by atoms with Gasteiger partial charge in [0.25, 0.3) is 0 Å². The minimum absolute atomic E-state index is 0.246. The summed E-state index contributed by atoms with van der Waals surface area (Å²) >= 11 is 3.46. The second-order valence-corrected chi connectivity index (χ2v) is 5.00. The quantitative estimate of drug-likeness (QED) is 0.847. The fourth-order valence-electron chi connectivity index (χ4n) is 1.89. The maximum absolute atomic E-state index is 11.2. The molecule has 84 valence electrons. The molecule has 0 bridgehead atoms. The number of carbonyl (C=O) groups is 1. The molecule has 0 aromatic heterocycles. The highest BCUT2D eigenvalue weighted by Gasteiger charge is 2.15. The van der Waals surface area contributed by atoms with Crippen LogP contribution in [0.5, 0.6) is 0 Å². The second-order valence-electron chi connectivity index (χ2n) is 4.09. The van der Waals surface area contributed by atoms with Crippen LogP contribution < -0.4 is 0 Å². The van der Waals surface area contributed by atoms with E-state index in [-0.39, 0.29) is 5.78 Å². The third-order valence-corrected chi connectivity index (χ3v) is 3.25. The predicted octanol–water partition coefficient (Wildman–Crippen LogP) is 3.13. The molecule has 0 amide bonds. The molecule has 1 aliphatic rings. The molecule has 0 radical (unpaired) electrons. The molecule has 0 unspecified atom stereocenters. The Morgan fingerprint density at radius 3 is 2.81 bits per heavy atom. The summed E-state index contributed by atoms with van der Waals surface area (Å²) in [5.74, 6) is 0.246. The molecule has 0 saturated carbocycles. The molecule has 3 heteroatoms. The summed E-state index contributed by atoms with van der Waals surface area (Å²) in [6.45, 7) is 0.846. The fraction of sp³-hybridized carbons (Fsp3) is 0.308. The molecule has 0 atom stereocenters. The average molecular weight is 280 g/mol. The average Bonchev–Trinajstić information content (AvgIpc) is 2.65. The molecule has 1 aliphatic carbocycles. The van der Waals surface area contributed by atoms with Crippen molar-refractivity contribution in [2.24, 2.45) is 0 Å². The molecule has 0 N–H and O–H groups in total. The van der Waals surface area contributed by atoms with Crippen molar-refractivity contribution in [1.29, 1.82) is 0 Å². The zero-order valence-corrected chi connectivity index (χ0v) is 10.8. The van der Waals surface area contributed by atoms with Crippen molar-refractivity contribution in [2.75, 3.05) is 7.05 Å². The molecule has 0 saturated heterocycles. The first-order valence-corrected chi connectivity index (χ1v) is 6.13. The zero-order valence-electron chi connectivity index (χ0n) is 9.24. The van der Waals surface area contributed by atoms with Crippen molar-refractivity contribution in [1.82, 2.24) is 4.90 Å². The fourth-order valence-corrected chi connectivity index (χ4v) is 2.34. The van der Waals surface area contributed by atoms with Crippen LogP contribution in [-0.2, 0) is 11.3 Å². The van der Waals surface area contributed by atoms with Crippen LogP contribution in [0.2, 0.25) is 0 Å². The van der Waals surface area contributed by atoms with Crippen molar-refractivity contribution < 1.29 is 4.79 Å². The van der Waals surface area contributed by atoms with Gasteiger partial charge in [-0.3, -0.25) is 4.79 Å². The van der Waals surface area contributed by atoms with Gasteiger partial charge in [0.15, 0.2) is 5.78 Å². The van der Waals surface area contributed by atoms with Gasteiger partial charge >= 0.3 is 0 Å². The number of nitrogens with zero attached hydrogens (tertiary/aromatic N) is 1. The summed E-state index contributed by atoms with van der Waals surface area (Å²) in [6, 6.07) is 8.25. The van der Waals surface area contributed by atoms with Gasteiger partial charge in [-0.15, -0.1) is 0 Å². The lowest BCUT2D eigenvalue weighted by molar-refractivity contribution is -0.114. The molecule has 1 aromatic rings. The van der Waals surface area contributed by atoms with Crippen molar-refractivity contribution in [2.45, 2.75) is 19.4 Å². The van der Waals surface area contributed by atoms with Crippen LogP contribution in [0.1, 0.15) is 18.4 Å². The first-order valence-electron chi connectivity index (χ1n) is 5.34. The van der Waals surface area contributed by atoms with Gasteiger partial charge in [-0.1, -0.05) is 28.1 Å². The monoisotopic (exact) mass is 279 g/mol. The van der Waals surface area contributed by atoms with E-state index >= 15 is 0 Å². The van der Waals surface area contributed by atoms with Gasteiger partial charge in [-0.05, 0) is 24.1 Å². The summed E-state index contributed by atoms with van der Waals surface area (Å²) < 4.78 is 1.09. The van der Waals surface area contributed by atoms with Crippen molar-refractivity contribution in [3.05, 3.63) is 46.1 Å². The van der Waals surface area contributed by atoms with Gasteiger partial charge in [0.2, 0.25) is 0 Å². The molecule has 0 fully saturated rings. The van der Waals surface area contributed by atoms with Gasteiger partial charge in [0, 0.05) is 36.3 Å². The maximum Gasteiger partial charge on any atom is 0.157 e. The van der Waals surface area contributed by atoms with Gasteiger partial charge in [-0.2, -0.15) is 0 Å². The summed E-state index contributed by atoms with van der Waals surface area (Å²) in [7, 11) is 2.03. The normalized spacial score (nSPS) is 15.1. The SMILES string of the molecule is CN(Cc1cccc(Br)c1)C1=CC(=O)CC1. The topological polar surface area (TPSA) is 20.3 Å². The van der Waals surface area contributed by atoms with Crippen LogP contribution in [0.4, 0.5) is 0 Å². The van der Waals surface area contributed by atoms with Crippen LogP contribution in [0.15, 0.2) is 40.5 Å². The Labute approximate surface area is 104 Å². The van der Waals surface area contributed by atoms with Crippen LogP contribution in [0, 0.1) is 0 Å². The molecule has 2 rings (SSSR count). The minimum atomic E-state index is 0.246. The van der Waals surface area contributed by atoms with Crippen LogP contribution in [-0.4, -0.2) is 17.7 Å². The Morgan fingerprint density at radius 1 is 1.38 bits per heavy atom. The van der Waals surface area contributed by atoms with Gasteiger partial charge in [-0.25, -0.2) is 0 Å². The molecule has 0 heterocycles. The Morgan fingerprint density at radius 2 is 2.19 bits per heavy atom. The van der Waals surface area contributed by atoms with E-state index in [9.17, 15) is 4.79 Å². The molecule has 2 nitrogen and oxygen atoms in total. The molecule has 0 aliphatic heterocycles. The van der Waals surface area contributed by atoms with Crippen molar-refractivity contribution >= 4 is 21.7 Å². The highest BCUT2D eigenvalue weighted by atomic mass is 79.9. The lowest BCUT2D eigenvalue weighted by Gasteiger charge is -2.20. The largest absolute Gasteiger partial charge is 0.373 e. The summed E-state index contributed by atoms with van der Waals surface area (Å²) in [5.41, 5.74) is 2.39. The maximum atomic E-state index is 11.2. The van der Waals surface area contributed by atoms with Crippen LogP contribution >= 0.6 is 15.9 Å². The van der Waals surface area contributed by atoms with Crippen LogP contribution in [0.25, 0.3) is 0 Å². The van der Waals surface area contributed by atoms with E-state index in [4.69, 9.17) is 0 Å². The third-order valence-electron chi connectivity index (χ3n) is 2.75. The zero-order chi connectivity index (χ0) is 11.5. The van der Waals surface area contributed by atoms with Crippen molar-refractivity contribution in [3.8, 4) is 0 Å². The smallest absolute Gasteiger partial charge is 0.157 e. The van der Waals surface area contributed by atoms with E-state index in [1.54, 1.807) is 6.08 Å². The lowest BCUT2D eigenvalue weighted by Crippen LogP contribution is -2.15. The molecule has 1 aromatic carbocycles. The molecular weight excluding hydrogens is 266 g/mol. The number of benzene rings is 1. The summed E-state index contributed by atoms with van der Waals surface area (Å²) in [5, 5.41) is 0. The number of halogens is 1. The Balaban J connectivity index is 2.05. The first-order chi connectivity index (χ1) is 7.65. The number of hydrogen-bond acceptors (Lipinski definition) is 2. The highest BCUT2D eigenvalue weighted by molar-refractivity contribution is 9.10. The Hall–Kier alpha value is -1.09. The number of hydrogen-bond donors (Lipinski definition) is 0. The minimum Gasteiger partial charge on any atom is -0.373 e. The number of ketones is 1. The number of allylic oxidation sites excluding steroid dienone is 2. The van der Waals surface area contributed by atoms with Crippen LogP contribution in [0.3, 0.4) is 0 Å². The number of carbonyl (C=O) groups excluding carboxylic acids is 1. The van der Waals surface area contributed by atoms with E-state index in [1.807, 2.05) is 19.2 Å². The van der Waals surface area contributed by atoms with Crippen molar-refractivity contribution in [3.63, 3.8) is 0 Å². The third kappa shape index (κ3) is 2.73. The second kappa shape index (κ2) is 4.83. The van der Waals surface area contributed by atoms with E-state index in [0.717, 1.165) is 23.1 Å². The van der Waals surface area contributed by atoms with E-state index in [0.29, 0.717) is 6.42 Å². The standard InChI is InChI=1S/C13H14BrNO/c1-15(12-5-6-13(16)8-12)9-10-3-2-4-11(14)7-10/h2-4,7-8H,5-6,9H2,1H3. The summed E-state index contributed by atoms with van der Waals surface area (Å²) in [4.78, 5) is 13.3. The van der Waals surface area contributed by atoms with E-state index in [1.165, 1.54) is 5.56 Å². The Bertz CT molecular complexity index is 439. The van der Waals surface area contributed by atoms with Gasteiger partial charge in [0.05, 0.1) is 0 Å². The molecular formula is C13H14BrNO. The molecule has 16 heavy (non-hydrogen) atoms. The summed E-state index contributed by atoms with van der Waals surface area (Å²) in [6.07, 6.45) is 3.31. The molecule has 0 spiro atoms. The van der Waals surface area contributed by atoms with E-state index in [2.05, 4.69) is 33.0 Å². The van der Waals surface area contributed by atoms with Gasteiger partial charge < -0.3 is 4.90 Å². The highest BCUT2D eigenvalue weighted by Crippen LogP contribution is 2.20. The number of rotatable bonds is 3. The predicted molar refractivity (Wildman–Crippen MR) is 67.9 cm³/mol. The lowest BCUT2D eigenvalue weighted by atomic mass is 10.2. The Kier molecular flexibility index (Phi) is 3.44.